The average molecular weight is 501 g/mol. The standard InChI is InChI=1S/C27H20N2O6S/c1-14-2-8-18-21(12-14)36-27(28-18)29-23(15-3-6-17(30)7-4-15)22(25(32)26(29)33)24(31)16-5-9-19-20(13-16)35-11-10-34-19/h2-9,12-13,23,30-31H,10-11H2,1H3/b24-22+. The monoisotopic (exact) mass is 500 g/mol. The summed E-state index contributed by atoms with van der Waals surface area (Å²) in [6.07, 6.45) is 0. The largest absolute Gasteiger partial charge is 0.508 e. The number of ether oxygens (including phenoxy) is 2. The number of amides is 1. The summed E-state index contributed by atoms with van der Waals surface area (Å²) in [5.41, 5.74) is 2.55. The van der Waals surface area contributed by atoms with Gasteiger partial charge in [-0.25, -0.2) is 4.98 Å². The first-order valence-electron chi connectivity index (χ1n) is 11.3. The second-order valence-electron chi connectivity index (χ2n) is 8.59. The number of aryl methyl sites for hydroxylation is 1. The Morgan fingerprint density at radius 1 is 1.00 bits per heavy atom. The summed E-state index contributed by atoms with van der Waals surface area (Å²) in [6.45, 7) is 2.76. The summed E-state index contributed by atoms with van der Waals surface area (Å²) >= 11 is 1.30. The van der Waals surface area contributed by atoms with Crippen LogP contribution in [0.25, 0.3) is 16.0 Å². The third kappa shape index (κ3) is 3.56. The number of aromatic hydroxyl groups is 1. The van der Waals surface area contributed by atoms with Gasteiger partial charge in [0, 0.05) is 5.56 Å². The second kappa shape index (κ2) is 8.39. The zero-order valence-electron chi connectivity index (χ0n) is 19.1. The van der Waals surface area contributed by atoms with Crippen LogP contribution in [-0.4, -0.2) is 40.1 Å². The fourth-order valence-corrected chi connectivity index (χ4v) is 5.56. The number of fused-ring (bicyclic) bond motifs is 2. The normalized spacial score (nSPS) is 18.7. The van der Waals surface area contributed by atoms with Gasteiger partial charge in [-0.3, -0.25) is 14.5 Å². The topological polar surface area (TPSA) is 109 Å². The number of aliphatic hydroxyl groups excluding tert-OH is 1. The maximum absolute atomic E-state index is 13.4. The van der Waals surface area contributed by atoms with Gasteiger partial charge < -0.3 is 19.7 Å². The molecule has 6 rings (SSSR count). The smallest absolute Gasteiger partial charge is 0.301 e. The molecule has 2 N–H and O–H groups in total. The predicted octanol–water partition coefficient (Wildman–Crippen LogP) is 4.71. The first-order valence-corrected chi connectivity index (χ1v) is 12.1. The molecule has 0 bridgehead atoms. The first kappa shape index (κ1) is 22.1. The summed E-state index contributed by atoms with van der Waals surface area (Å²) in [5, 5.41) is 21.5. The molecule has 0 saturated carbocycles. The molecule has 36 heavy (non-hydrogen) atoms. The number of carbonyl (C=O) groups is 2. The van der Waals surface area contributed by atoms with Crippen LogP contribution in [0.3, 0.4) is 0 Å². The van der Waals surface area contributed by atoms with E-state index in [2.05, 4.69) is 4.98 Å². The Morgan fingerprint density at radius 2 is 1.75 bits per heavy atom. The molecule has 1 aromatic heterocycles. The van der Waals surface area contributed by atoms with Crippen molar-refractivity contribution >= 4 is 44.1 Å². The van der Waals surface area contributed by atoms with E-state index in [9.17, 15) is 19.8 Å². The predicted molar refractivity (Wildman–Crippen MR) is 135 cm³/mol. The van der Waals surface area contributed by atoms with E-state index in [0.29, 0.717) is 46.5 Å². The molecule has 1 amide bonds. The summed E-state index contributed by atoms with van der Waals surface area (Å²) in [6, 6.07) is 15.9. The summed E-state index contributed by atoms with van der Waals surface area (Å²) in [7, 11) is 0. The highest BCUT2D eigenvalue weighted by Crippen LogP contribution is 2.45. The molecular weight excluding hydrogens is 480 g/mol. The Balaban J connectivity index is 1.54. The number of benzene rings is 3. The number of hydrogen-bond acceptors (Lipinski definition) is 8. The van der Waals surface area contributed by atoms with Crippen molar-refractivity contribution in [3.63, 3.8) is 0 Å². The SMILES string of the molecule is Cc1ccc2nc(N3C(=O)C(=O)/C(=C(/O)c4ccc5c(c4)OCCO5)C3c3ccc(O)cc3)sc2c1. The molecule has 1 saturated heterocycles. The van der Waals surface area contributed by atoms with E-state index in [0.717, 1.165) is 10.3 Å². The minimum absolute atomic E-state index is 0.0398. The Kier molecular flexibility index (Phi) is 5.15. The van der Waals surface area contributed by atoms with Gasteiger partial charge in [0.25, 0.3) is 5.78 Å². The number of Topliss-reactive ketones (excluding diaryl/α,β-unsaturated/α-hetero) is 1. The number of phenolic OH excluding ortho intramolecular Hbond substituents is 1. The molecule has 4 aromatic rings. The van der Waals surface area contributed by atoms with Crippen LogP contribution in [0.1, 0.15) is 22.7 Å². The van der Waals surface area contributed by atoms with Crippen LogP contribution in [0, 0.1) is 6.92 Å². The van der Waals surface area contributed by atoms with Crippen molar-refractivity contribution in [2.24, 2.45) is 0 Å². The van der Waals surface area contributed by atoms with Gasteiger partial charge in [0.05, 0.1) is 21.8 Å². The van der Waals surface area contributed by atoms with Gasteiger partial charge in [0.15, 0.2) is 16.6 Å². The highest BCUT2D eigenvalue weighted by Gasteiger charge is 2.48. The van der Waals surface area contributed by atoms with Crippen molar-refractivity contribution in [3.05, 3.63) is 82.9 Å². The van der Waals surface area contributed by atoms with Crippen LogP contribution in [0.5, 0.6) is 17.2 Å². The van der Waals surface area contributed by atoms with Crippen molar-refractivity contribution in [1.29, 1.82) is 0 Å². The van der Waals surface area contributed by atoms with E-state index in [1.807, 2.05) is 25.1 Å². The van der Waals surface area contributed by atoms with E-state index < -0.39 is 17.7 Å². The van der Waals surface area contributed by atoms with Gasteiger partial charge in [-0.1, -0.05) is 29.5 Å². The van der Waals surface area contributed by atoms with Gasteiger partial charge in [0.2, 0.25) is 0 Å². The maximum Gasteiger partial charge on any atom is 0.301 e. The number of thiazole rings is 1. The molecule has 3 aromatic carbocycles. The van der Waals surface area contributed by atoms with Crippen LogP contribution in [0.15, 0.2) is 66.2 Å². The number of ketones is 1. The zero-order valence-corrected chi connectivity index (χ0v) is 19.9. The Morgan fingerprint density at radius 3 is 2.53 bits per heavy atom. The van der Waals surface area contributed by atoms with Gasteiger partial charge >= 0.3 is 5.91 Å². The molecule has 1 unspecified atom stereocenters. The molecule has 2 aliphatic heterocycles. The van der Waals surface area contributed by atoms with Gasteiger partial charge in [-0.05, 0) is 60.5 Å². The van der Waals surface area contributed by atoms with Crippen LogP contribution in [0.2, 0.25) is 0 Å². The van der Waals surface area contributed by atoms with Crippen LogP contribution < -0.4 is 14.4 Å². The number of aromatic nitrogens is 1. The number of hydrogen-bond donors (Lipinski definition) is 2. The molecule has 1 fully saturated rings. The lowest BCUT2D eigenvalue weighted by Crippen LogP contribution is -2.29. The Labute approximate surface area is 209 Å². The highest BCUT2D eigenvalue weighted by atomic mass is 32.1. The number of aliphatic hydroxyl groups is 1. The third-order valence-electron chi connectivity index (χ3n) is 6.21. The lowest BCUT2D eigenvalue weighted by molar-refractivity contribution is -0.132. The number of carbonyl (C=O) groups excluding carboxylic acids is 2. The fraction of sp³-hybridized carbons (Fsp3) is 0.148. The third-order valence-corrected chi connectivity index (χ3v) is 7.23. The molecule has 8 nitrogen and oxygen atoms in total. The minimum atomic E-state index is -0.944. The van der Waals surface area contributed by atoms with Gasteiger partial charge in [-0.2, -0.15) is 0 Å². The lowest BCUT2D eigenvalue weighted by atomic mass is 9.95. The van der Waals surface area contributed by atoms with E-state index in [1.165, 1.54) is 28.4 Å². The molecule has 9 heteroatoms. The van der Waals surface area contributed by atoms with Gasteiger partial charge in [0.1, 0.15) is 24.7 Å². The first-order chi connectivity index (χ1) is 17.4. The van der Waals surface area contributed by atoms with E-state index in [4.69, 9.17) is 9.47 Å². The van der Waals surface area contributed by atoms with Crippen LogP contribution in [-0.2, 0) is 9.59 Å². The number of rotatable bonds is 3. The van der Waals surface area contributed by atoms with E-state index in [-0.39, 0.29) is 17.1 Å². The summed E-state index contributed by atoms with van der Waals surface area (Å²) in [5.74, 6) is -0.917. The molecule has 180 valence electrons. The lowest BCUT2D eigenvalue weighted by Gasteiger charge is -2.23. The van der Waals surface area contributed by atoms with E-state index >= 15 is 0 Å². The molecule has 1 atom stereocenters. The highest BCUT2D eigenvalue weighted by molar-refractivity contribution is 7.22. The minimum Gasteiger partial charge on any atom is -0.508 e. The second-order valence-corrected chi connectivity index (χ2v) is 9.60. The maximum atomic E-state index is 13.4. The van der Waals surface area contributed by atoms with Crippen molar-refractivity contribution in [3.8, 4) is 17.2 Å². The Hall–Kier alpha value is -4.37. The molecule has 0 radical (unpaired) electrons. The average Bonchev–Trinajstić information content (AvgIpc) is 3.41. The number of anilines is 1. The van der Waals surface area contributed by atoms with Crippen LogP contribution >= 0.6 is 11.3 Å². The molecular formula is C27H20N2O6S. The fourth-order valence-electron chi connectivity index (χ4n) is 4.47. The van der Waals surface area contributed by atoms with Gasteiger partial charge in [-0.15, -0.1) is 0 Å². The zero-order chi connectivity index (χ0) is 25.0. The van der Waals surface area contributed by atoms with Crippen LogP contribution in [0.4, 0.5) is 5.13 Å². The van der Waals surface area contributed by atoms with Crippen molar-refractivity contribution in [1.82, 2.24) is 4.98 Å². The van der Waals surface area contributed by atoms with Crippen molar-refractivity contribution < 1.29 is 29.3 Å². The number of phenols is 1. The van der Waals surface area contributed by atoms with E-state index in [1.54, 1.807) is 30.3 Å². The molecule has 0 aliphatic carbocycles. The Bertz CT molecular complexity index is 1570. The molecule has 3 heterocycles. The van der Waals surface area contributed by atoms with Crippen molar-refractivity contribution in [2.45, 2.75) is 13.0 Å². The van der Waals surface area contributed by atoms with Crippen molar-refractivity contribution in [2.75, 3.05) is 18.1 Å². The molecule has 2 aliphatic rings. The summed E-state index contributed by atoms with van der Waals surface area (Å²) in [4.78, 5) is 32.7. The molecule has 0 spiro atoms. The quantitative estimate of drug-likeness (QED) is 0.238. The summed E-state index contributed by atoms with van der Waals surface area (Å²) < 4.78 is 12.1. The number of nitrogens with zero attached hydrogens (tertiary/aromatic N) is 2.